The maximum atomic E-state index is 14.2. The Morgan fingerprint density at radius 2 is 1.97 bits per heavy atom. The molecule has 2 aliphatic heterocycles. The lowest BCUT2D eigenvalue weighted by Crippen LogP contribution is -2.54. The first-order chi connectivity index (χ1) is 18.0. The van der Waals surface area contributed by atoms with Gasteiger partial charge >= 0.3 is 0 Å². The van der Waals surface area contributed by atoms with E-state index < -0.39 is 41.8 Å². The maximum absolute atomic E-state index is 14.2. The van der Waals surface area contributed by atoms with Gasteiger partial charge < -0.3 is 26.2 Å². The molecule has 1 aromatic carbocycles. The fraction of sp³-hybridized carbons (Fsp3) is 0.458. The molecule has 2 saturated heterocycles. The van der Waals surface area contributed by atoms with Gasteiger partial charge in [0.15, 0.2) is 0 Å². The number of hydrogen-bond acceptors (Lipinski definition) is 8. The highest BCUT2D eigenvalue weighted by atomic mass is 79.9. The van der Waals surface area contributed by atoms with Crippen LogP contribution in [-0.2, 0) is 0 Å². The normalized spacial score (nSPS) is 21.1. The van der Waals surface area contributed by atoms with Crippen molar-refractivity contribution in [1.29, 1.82) is 0 Å². The monoisotopic (exact) mass is 595 g/mol. The molecule has 0 radical (unpaired) electrons. The third kappa shape index (κ3) is 6.18. The van der Waals surface area contributed by atoms with Gasteiger partial charge in [0.2, 0.25) is 0 Å². The van der Waals surface area contributed by atoms with Crippen molar-refractivity contribution in [2.24, 2.45) is 5.73 Å². The molecule has 2 aliphatic rings. The minimum Gasteiger partial charge on any atom is -0.387 e. The fourth-order valence-electron chi connectivity index (χ4n) is 4.88. The second-order valence-electron chi connectivity index (χ2n) is 9.56. The molecule has 0 spiro atoms. The zero-order valence-corrected chi connectivity index (χ0v) is 22.2. The Morgan fingerprint density at radius 3 is 2.66 bits per heavy atom. The Labute approximate surface area is 226 Å². The van der Waals surface area contributed by atoms with Gasteiger partial charge in [-0.15, -0.1) is 0 Å². The van der Waals surface area contributed by atoms with E-state index in [1.54, 1.807) is 24.2 Å². The van der Waals surface area contributed by atoms with Crippen molar-refractivity contribution >= 4 is 44.8 Å². The average molecular weight is 596 g/mol. The first kappa shape index (κ1) is 27.6. The summed E-state index contributed by atoms with van der Waals surface area (Å²) in [6.45, 7) is -0.226. The first-order valence-corrected chi connectivity index (χ1v) is 12.9. The molecule has 2 aromatic rings. The van der Waals surface area contributed by atoms with Gasteiger partial charge in [-0.25, -0.2) is 8.78 Å². The summed E-state index contributed by atoms with van der Waals surface area (Å²) in [4.78, 5) is 44.5. The molecular weight excluding hydrogens is 568 g/mol. The average Bonchev–Trinajstić information content (AvgIpc) is 2.87. The summed E-state index contributed by atoms with van der Waals surface area (Å²) in [5.41, 5.74) is 6.26. The van der Waals surface area contributed by atoms with Crippen molar-refractivity contribution in [2.75, 3.05) is 43.9 Å². The Morgan fingerprint density at radius 1 is 1.21 bits per heavy atom. The van der Waals surface area contributed by atoms with Crippen molar-refractivity contribution in [3.63, 3.8) is 0 Å². The predicted molar refractivity (Wildman–Crippen MR) is 141 cm³/mol. The van der Waals surface area contributed by atoms with E-state index >= 15 is 0 Å². The third-order valence-corrected chi connectivity index (χ3v) is 7.02. The number of carbonyl (C=O) groups excluding carboxylic acids is 2. The largest absolute Gasteiger partial charge is 0.387 e. The highest BCUT2D eigenvalue weighted by Crippen LogP contribution is 2.36. The lowest BCUT2D eigenvalue weighted by Gasteiger charge is -2.37. The molecule has 0 saturated carbocycles. The summed E-state index contributed by atoms with van der Waals surface area (Å²) >= 11 is 3.19. The molecule has 2 amide bonds. The van der Waals surface area contributed by atoms with Crippen LogP contribution < -0.4 is 16.4 Å². The van der Waals surface area contributed by atoms with Gasteiger partial charge in [-0.05, 0) is 25.0 Å². The molecule has 3 heterocycles. The number of nitrogens with two attached hydrogens (primary N) is 1. The molecule has 1 unspecified atom stereocenters. The number of pyridine rings is 1. The van der Waals surface area contributed by atoms with Crippen LogP contribution >= 0.6 is 15.9 Å². The number of aromatic nitrogens is 1. The van der Waals surface area contributed by atoms with Crippen LogP contribution in [-0.4, -0.2) is 82.8 Å². The third-order valence-electron chi connectivity index (χ3n) is 6.57. The van der Waals surface area contributed by atoms with Gasteiger partial charge in [-0.2, -0.15) is 0 Å². The van der Waals surface area contributed by atoms with Crippen LogP contribution in [0.1, 0.15) is 40.0 Å². The summed E-state index contributed by atoms with van der Waals surface area (Å²) < 4.78 is 28.6. The molecule has 14 heteroatoms. The van der Waals surface area contributed by atoms with E-state index in [0.717, 1.165) is 4.90 Å². The number of amides is 2. The Hall–Kier alpha value is -3.39. The van der Waals surface area contributed by atoms with Crippen LogP contribution in [0.2, 0.25) is 0 Å². The lowest BCUT2D eigenvalue weighted by molar-refractivity contribution is -0.384. The molecular formula is C24H28BrF2N7O4. The number of piperidine rings is 2. The molecule has 1 aromatic heterocycles. The number of benzene rings is 1. The van der Waals surface area contributed by atoms with Gasteiger partial charge in [0, 0.05) is 68.1 Å². The molecule has 38 heavy (non-hydrogen) atoms. The molecule has 0 bridgehead atoms. The number of alkyl halides is 2. The zero-order chi connectivity index (χ0) is 27.6. The molecule has 4 rings (SSSR count). The minimum atomic E-state index is -3.16. The Kier molecular flexibility index (Phi) is 8.11. The van der Waals surface area contributed by atoms with E-state index in [1.165, 1.54) is 18.3 Å². The summed E-state index contributed by atoms with van der Waals surface area (Å²) in [6.07, 6.45) is 3.71. The Bertz CT molecular complexity index is 1250. The van der Waals surface area contributed by atoms with Gasteiger partial charge in [-0.3, -0.25) is 24.7 Å². The molecule has 4 N–H and O–H groups in total. The number of nitrogens with zero attached hydrogens (tertiary/aromatic N) is 4. The number of halogens is 3. The van der Waals surface area contributed by atoms with Gasteiger partial charge in [-0.1, -0.05) is 15.9 Å². The lowest BCUT2D eigenvalue weighted by atomic mass is 10.00. The van der Waals surface area contributed by atoms with E-state index in [4.69, 9.17) is 5.73 Å². The number of nitrogens with one attached hydrogen (secondary N) is 2. The molecule has 11 nitrogen and oxygen atoms in total. The van der Waals surface area contributed by atoms with Crippen LogP contribution in [0.15, 0.2) is 35.1 Å². The summed E-state index contributed by atoms with van der Waals surface area (Å²) in [5, 5.41) is 18.0. The fourth-order valence-corrected chi connectivity index (χ4v) is 5.33. The van der Waals surface area contributed by atoms with E-state index in [0.29, 0.717) is 30.6 Å². The van der Waals surface area contributed by atoms with Gasteiger partial charge in [0.05, 0.1) is 28.3 Å². The van der Waals surface area contributed by atoms with Crippen LogP contribution in [0.3, 0.4) is 0 Å². The van der Waals surface area contributed by atoms with Gasteiger partial charge in [0.1, 0.15) is 5.69 Å². The number of rotatable bonds is 6. The van der Waals surface area contributed by atoms with Crippen molar-refractivity contribution in [3.8, 4) is 0 Å². The number of hydrogen-bond donors (Lipinski definition) is 3. The SMILES string of the molecule is CNc1cncc(C(=O)N2CCC[C@@H](Nc3c(C(=O)N4CC(N)CC(F)(F)C4)cc(Br)cc3[N+](=O)[O-])C2)c1. The van der Waals surface area contributed by atoms with Crippen LogP contribution in [0.4, 0.5) is 25.8 Å². The van der Waals surface area contributed by atoms with Crippen molar-refractivity contribution in [3.05, 3.63) is 56.3 Å². The van der Waals surface area contributed by atoms with Gasteiger partial charge in [0.25, 0.3) is 23.4 Å². The topological polar surface area (TPSA) is 147 Å². The maximum Gasteiger partial charge on any atom is 0.294 e. The number of anilines is 2. The minimum absolute atomic E-state index is 0.0798. The van der Waals surface area contributed by atoms with Crippen LogP contribution in [0.5, 0.6) is 0 Å². The number of likely N-dealkylation sites (tertiary alicyclic amines) is 2. The highest BCUT2D eigenvalue weighted by molar-refractivity contribution is 9.10. The number of nitro benzene ring substituents is 1. The molecule has 2 fully saturated rings. The first-order valence-electron chi connectivity index (χ1n) is 12.1. The molecule has 0 aliphatic carbocycles. The second-order valence-corrected chi connectivity index (χ2v) is 10.5. The quantitative estimate of drug-likeness (QED) is 0.340. The van der Waals surface area contributed by atoms with E-state index in [9.17, 15) is 28.5 Å². The van der Waals surface area contributed by atoms with Crippen molar-refractivity contribution in [2.45, 2.75) is 37.3 Å². The standard InChI is InChI=1S/C24H28BrF2N7O4/c1-29-18-5-14(9-30-10-18)22(35)32-4-2-3-17(12-32)31-21-19(6-15(25)7-20(21)34(37)38)23(36)33-11-16(28)8-24(26,27)13-33/h5-7,9-10,16-17,29,31H,2-4,8,11-13,28H2,1H3/t16?,17-/m1/s1. The van der Waals surface area contributed by atoms with E-state index in [2.05, 4.69) is 31.5 Å². The van der Waals surface area contributed by atoms with E-state index in [1.807, 2.05) is 0 Å². The number of nitro groups is 1. The van der Waals surface area contributed by atoms with Crippen LogP contribution in [0, 0.1) is 10.1 Å². The summed E-state index contributed by atoms with van der Waals surface area (Å²) in [7, 11) is 1.72. The van der Waals surface area contributed by atoms with Crippen LogP contribution in [0.25, 0.3) is 0 Å². The number of carbonyl (C=O) groups is 2. The highest BCUT2D eigenvalue weighted by Gasteiger charge is 2.42. The zero-order valence-electron chi connectivity index (χ0n) is 20.6. The second kappa shape index (κ2) is 11.2. The van der Waals surface area contributed by atoms with E-state index in [-0.39, 0.29) is 40.4 Å². The predicted octanol–water partition coefficient (Wildman–Crippen LogP) is 3.32. The molecule has 204 valence electrons. The Balaban J connectivity index is 1.61. The van der Waals surface area contributed by atoms with Crippen molar-refractivity contribution < 1.29 is 23.3 Å². The summed E-state index contributed by atoms with van der Waals surface area (Å²) in [6, 6.07) is 2.95. The molecule has 2 atom stereocenters. The summed E-state index contributed by atoms with van der Waals surface area (Å²) in [5.74, 6) is -4.19. The van der Waals surface area contributed by atoms with Crippen molar-refractivity contribution in [1.82, 2.24) is 14.8 Å². The smallest absolute Gasteiger partial charge is 0.294 e.